The first-order valence-corrected chi connectivity index (χ1v) is 13.3. The molecule has 9 nitrogen and oxygen atoms in total. The monoisotopic (exact) mass is 453 g/mol. The van der Waals surface area contributed by atoms with Crippen molar-refractivity contribution in [2.45, 2.75) is 24.9 Å². The van der Waals surface area contributed by atoms with Gasteiger partial charge in [0.05, 0.1) is 41.9 Å². The first-order chi connectivity index (χ1) is 14.2. The average molecular weight is 454 g/mol. The van der Waals surface area contributed by atoms with E-state index in [-0.39, 0.29) is 28.7 Å². The molecule has 1 aromatic carbocycles. The average Bonchev–Trinajstić information content (AvgIpc) is 3.38. The third-order valence-electron chi connectivity index (χ3n) is 5.48. The summed E-state index contributed by atoms with van der Waals surface area (Å²) in [6, 6.07) is 7.89. The lowest BCUT2D eigenvalue weighted by molar-refractivity contribution is 0.0928. The van der Waals surface area contributed by atoms with Gasteiger partial charge in [0.2, 0.25) is 0 Å². The zero-order valence-corrected chi connectivity index (χ0v) is 18.1. The molecule has 162 valence electrons. The summed E-state index contributed by atoms with van der Waals surface area (Å²) >= 11 is 0. The van der Waals surface area contributed by atoms with Crippen LogP contribution in [0.4, 0.5) is 0 Å². The second-order valence-corrected chi connectivity index (χ2v) is 12.2. The van der Waals surface area contributed by atoms with Crippen LogP contribution in [-0.2, 0) is 19.7 Å². The molecule has 0 radical (unpaired) electrons. The highest BCUT2D eigenvalue weighted by Crippen LogP contribution is 2.29. The fraction of sp³-hybridized carbons (Fsp3) is 0.474. The van der Waals surface area contributed by atoms with Crippen LogP contribution in [0.25, 0.3) is 11.3 Å². The lowest BCUT2D eigenvalue weighted by Crippen LogP contribution is -2.37. The Kier molecular flexibility index (Phi) is 5.35. The van der Waals surface area contributed by atoms with Gasteiger partial charge in [-0.25, -0.2) is 16.8 Å². The molecule has 1 aromatic heterocycles. The van der Waals surface area contributed by atoms with Crippen LogP contribution in [0.1, 0.15) is 29.4 Å². The van der Waals surface area contributed by atoms with Gasteiger partial charge in [-0.2, -0.15) is 5.10 Å². The minimum absolute atomic E-state index is 0.0508. The molecule has 2 aromatic rings. The second-order valence-electron chi connectivity index (χ2n) is 7.72. The van der Waals surface area contributed by atoms with Crippen molar-refractivity contribution < 1.29 is 26.4 Å². The maximum atomic E-state index is 13.0. The van der Waals surface area contributed by atoms with Crippen LogP contribution in [0.2, 0.25) is 0 Å². The summed E-state index contributed by atoms with van der Waals surface area (Å²) in [7, 11) is -4.75. The maximum Gasteiger partial charge on any atom is 0.269 e. The predicted molar refractivity (Wildman–Crippen MR) is 111 cm³/mol. The van der Waals surface area contributed by atoms with Gasteiger partial charge in [0.15, 0.2) is 19.7 Å². The molecule has 4 rings (SSSR count). The highest BCUT2D eigenvalue weighted by Gasteiger charge is 2.34. The third-order valence-corrected chi connectivity index (χ3v) is 8.99. The number of rotatable bonds is 5. The Morgan fingerprint density at radius 1 is 1.07 bits per heavy atom. The third kappa shape index (κ3) is 4.36. The Morgan fingerprint density at radius 2 is 1.73 bits per heavy atom. The summed E-state index contributed by atoms with van der Waals surface area (Å²) < 4.78 is 54.0. The summed E-state index contributed by atoms with van der Waals surface area (Å²) in [5.74, 6) is 0.172. The van der Waals surface area contributed by atoms with Gasteiger partial charge in [-0.05, 0) is 43.2 Å². The molecule has 0 saturated carbocycles. The van der Waals surface area contributed by atoms with Crippen LogP contribution in [0, 0.1) is 0 Å². The van der Waals surface area contributed by atoms with Crippen LogP contribution < -0.4 is 10.1 Å². The van der Waals surface area contributed by atoms with Crippen LogP contribution in [0.3, 0.4) is 0 Å². The fourth-order valence-electron chi connectivity index (χ4n) is 3.88. The number of benzene rings is 1. The van der Waals surface area contributed by atoms with E-state index in [9.17, 15) is 21.6 Å². The van der Waals surface area contributed by atoms with E-state index in [1.165, 1.54) is 4.68 Å². The number of amides is 1. The molecule has 2 unspecified atom stereocenters. The summed E-state index contributed by atoms with van der Waals surface area (Å²) in [5.41, 5.74) is 1.52. The number of methoxy groups -OCH3 is 1. The molecular formula is C19H23N3O6S2. The van der Waals surface area contributed by atoms with Crippen molar-refractivity contribution in [1.29, 1.82) is 0 Å². The molecule has 11 heteroatoms. The predicted octanol–water partition coefficient (Wildman–Crippen LogP) is 0.835. The largest absolute Gasteiger partial charge is 0.497 e. The topological polar surface area (TPSA) is 124 Å². The van der Waals surface area contributed by atoms with Gasteiger partial charge in [0.25, 0.3) is 5.91 Å². The van der Waals surface area contributed by atoms with Gasteiger partial charge in [0, 0.05) is 11.6 Å². The van der Waals surface area contributed by atoms with E-state index in [4.69, 9.17) is 4.74 Å². The molecular weight excluding hydrogens is 430 g/mol. The number of aromatic nitrogens is 2. The van der Waals surface area contributed by atoms with Crippen molar-refractivity contribution in [3.8, 4) is 17.0 Å². The Hall–Kier alpha value is -2.40. The fourth-order valence-corrected chi connectivity index (χ4v) is 7.25. The highest BCUT2D eigenvalue weighted by molar-refractivity contribution is 7.91. The number of carbonyl (C=O) groups excluding carboxylic acids is 1. The summed E-state index contributed by atoms with van der Waals surface area (Å²) in [4.78, 5) is 13.0. The van der Waals surface area contributed by atoms with Gasteiger partial charge < -0.3 is 10.1 Å². The van der Waals surface area contributed by atoms with Crippen molar-refractivity contribution in [2.75, 3.05) is 30.1 Å². The molecule has 2 atom stereocenters. The van der Waals surface area contributed by atoms with Crippen LogP contribution in [0.15, 0.2) is 30.3 Å². The van der Waals surface area contributed by atoms with E-state index < -0.39 is 37.7 Å². The van der Waals surface area contributed by atoms with Crippen molar-refractivity contribution in [1.82, 2.24) is 15.1 Å². The first kappa shape index (κ1) is 20.9. The number of carbonyl (C=O) groups is 1. The van der Waals surface area contributed by atoms with Crippen molar-refractivity contribution in [3.63, 3.8) is 0 Å². The number of sulfone groups is 2. The summed E-state index contributed by atoms with van der Waals surface area (Å²) in [5, 5.41) is 7.31. The van der Waals surface area contributed by atoms with Crippen LogP contribution in [-0.4, -0.2) is 68.7 Å². The van der Waals surface area contributed by atoms with Crippen molar-refractivity contribution in [2.24, 2.45) is 0 Å². The first-order valence-electron chi connectivity index (χ1n) is 9.61. The van der Waals surface area contributed by atoms with E-state index in [0.29, 0.717) is 24.3 Å². The SMILES string of the molecule is COc1ccc(-c2cc(C(=O)NC3CCS(=O)(=O)C3)n(C3CCS(=O)(=O)C3)n2)cc1. The Morgan fingerprint density at radius 3 is 2.30 bits per heavy atom. The molecule has 2 aliphatic heterocycles. The number of hydrogen-bond donors (Lipinski definition) is 1. The van der Waals surface area contributed by atoms with Gasteiger partial charge in [-0.3, -0.25) is 9.48 Å². The molecule has 2 fully saturated rings. The molecule has 2 saturated heterocycles. The summed E-state index contributed by atoms with van der Waals surface area (Å²) in [6.45, 7) is 0. The lowest BCUT2D eigenvalue weighted by Gasteiger charge is -2.15. The number of hydrogen-bond acceptors (Lipinski definition) is 7. The van der Waals surface area contributed by atoms with Crippen molar-refractivity contribution >= 4 is 25.6 Å². The number of ether oxygens (including phenoxy) is 1. The van der Waals surface area contributed by atoms with Gasteiger partial charge in [-0.1, -0.05) is 0 Å². The number of nitrogens with one attached hydrogen (secondary N) is 1. The molecule has 2 aliphatic rings. The quantitative estimate of drug-likeness (QED) is 0.711. The normalized spacial score (nSPS) is 24.6. The van der Waals surface area contributed by atoms with Crippen LogP contribution in [0.5, 0.6) is 5.75 Å². The zero-order valence-electron chi connectivity index (χ0n) is 16.4. The highest BCUT2D eigenvalue weighted by atomic mass is 32.2. The smallest absolute Gasteiger partial charge is 0.269 e. The summed E-state index contributed by atoms with van der Waals surface area (Å²) in [6.07, 6.45) is 0.746. The van der Waals surface area contributed by atoms with Gasteiger partial charge in [-0.15, -0.1) is 0 Å². The van der Waals surface area contributed by atoms with Crippen LogP contribution >= 0.6 is 0 Å². The van der Waals surface area contributed by atoms with E-state index >= 15 is 0 Å². The van der Waals surface area contributed by atoms with Gasteiger partial charge >= 0.3 is 0 Å². The van der Waals surface area contributed by atoms with E-state index in [0.717, 1.165) is 5.56 Å². The maximum absolute atomic E-state index is 13.0. The van der Waals surface area contributed by atoms with E-state index in [1.54, 1.807) is 25.3 Å². The van der Waals surface area contributed by atoms with E-state index in [1.807, 2.05) is 12.1 Å². The second kappa shape index (κ2) is 7.69. The Bertz CT molecular complexity index is 1170. The van der Waals surface area contributed by atoms with Gasteiger partial charge in [0.1, 0.15) is 11.4 Å². The Labute approximate surface area is 175 Å². The molecule has 30 heavy (non-hydrogen) atoms. The molecule has 0 aliphatic carbocycles. The number of nitrogens with zero attached hydrogens (tertiary/aromatic N) is 2. The molecule has 0 bridgehead atoms. The standard InChI is InChI=1S/C19H23N3O6S2/c1-28-16-4-2-13(3-5-16)17-10-18(19(23)20-14-6-8-29(24,25)11-14)22(21-17)15-7-9-30(26,27)12-15/h2-5,10,14-15H,6-9,11-12H2,1H3,(H,20,23). The minimum atomic E-state index is -3.18. The van der Waals surface area contributed by atoms with E-state index in [2.05, 4.69) is 10.4 Å². The molecule has 1 amide bonds. The Balaban J connectivity index is 1.66. The molecule has 3 heterocycles. The van der Waals surface area contributed by atoms with Crippen molar-refractivity contribution in [3.05, 3.63) is 36.0 Å². The molecule has 1 N–H and O–H groups in total. The molecule has 0 spiro atoms. The lowest BCUT2D eigenvalue weighted by atomic mass is 10.1. The zero-order chi connectivity index (χ0) is 21.5. The minimum Gasteiger partial charge on any atom is -0.497 e.